The van der Waals surface area contributed by atoms with Crippen molar-refractivity contribution in [1.82, 2.24) is 4.57 Å². The lowest BCUT2D eigenvalue weighted by atomic mass is 9.76. The van der Waals surface area contributed by atoms with Crippen LogP contribution in [0.5, 0.6) is 0 Å². The standard InChI is InChI=1S/C19H23NO/c1-12-6-7-13(2)16(8-12)20-14(3)9-15-17(20)10-19(4,5)11-18(15)21/h6-9H,10-11H2,1-5H3. The molecule has 1 aromatic heterocycles. The molecule has 2 heteroatoms. The minimum Gasteiger partial charge on any atom is -0.317 e. The molecule has 0 saturated carbocycles. The minimum absolute atomic E-state index is 0.0460. The van der Waals surface area contributed by atoms with E-state index in [4.69, 9.17) is 0 Å². The van der Waals surface area contributed by atoms with E-state index in [0.717, 1.165) is 17.7 Å². The fourth-order valence-corrected chi connectivity index (χ4v) is 3.45. The Labute approximate surface area is 126 Å². The van der Waals surface area contributed by atoms with Gasteiger partial charge in [-0.15, -0.1) is 0 Å². The Hall–Kier alpha value is -1.83. The van der Waals surface area contributed by atoms with Crippen molar-refractivity contribution in [2.24, 2.45) is 5.41 Å². The second-order valence-corrected chi connectivity index (χ2v) is 7.21. The molecule has 2 aromatic rings. The molecule has 110 valence electrons. The molecular formula is C19H23NO. The number of hydrogen-bond donors (Lipinski definition) is 0. The highest BCUT2D eigenvalue weighted by molar-refractivity contribution is 5.99. The summed E-state index contributed by atoms with van der Waals surface area (Å²) in [6, 6.07) is 8.58. The van der Waals surface area contributed by atoms with E-state index in [9.17, 15) is 4.79 Å². The quantitative estimate of drug-likeness (QED) is 0.751. The summed E-state index contributed by atoms with van der Waals surface area (Å²) in [4.78, 5) is 12.4. The summed E-state index contributed by atoms with van der Waals surface area (Å²) in [5.74, 6) is 0.286. The number of rotatable bonds is 1. The van der Waals surface area contributed by atoms with Crippen LogP contribution in [0.1, 0.15) is 53.1 Å². The fourth-order valence-electron chi connectivity index (χ4n) is 3.45. The smallest absolute Gasteiger partial charge is 0.165 e. The van der Waals surface area contributed by atoms with Crippen molar-refractivity contribution in [3.8, 4) is 5.69 Å². The van der Waals surface area contributed by atoms with E-state index in [2.05, 4.69) is 63.5 Å². The van der Waals surface area contributed by atoms with Gasteiger partial charge in [-0.25, -0.2) is 0 Å². The summed E-state index contributed by atoms with van der Waals surface area (Å²) in [5, 5.41) is 0. The molecule has 0 aliphatic heterocycles. The largest absolute Gasteiger partial charge is 0.317 e. The number of benzene rings is 1. The van der Waals surface area contributed by atoms with Gasteiger partial charge < -0.3 is 4.57 Å². The molecule has 0 spiro atoms. The van der Waals surface area contributed by atoms with Crippen LogP contribution in [0, 0.1) is 26.2 Å². The van der Waals surface area contributed by atoms with Crippen LogP contribution in [-0.4, -0.2) is 10.4 Å². The lowest BCUT2D eigenvalue weighted by molar-refractivity contribution is 0.0911. The van der Waals surface area contributed by atoms with Gasteiger partial charge in [-0.1, -0.05) is 26.0 Å². The Balaban J connectivity index is 2.26. The first-order valence-electron chi connectivity index (χ1n) is 7.60. The second kappa shape index (κ2) is 4.59. The Morgan fingerprint density at radius 1 is 1.05 bits per heavy atom. The molecule has 0 atom stereocenters. The third-order valence-corrected chi connectivity index (χ3v) is 4.48. The van der Waals surface area contributed by atoms with Crippen molar-refractivity contribution in [1.29, 1.82) is 0 Å². The molecule has 0 amide bonds. The Morgan fingerprint density at radius 2 is 1.76 bits per heavy atom. The molecule has 0 saturated heterocycles. The maximum absolute atomic E-state index is 12.4. The first kappa shape index (κ1) is 14.1. The zero-order valence-electron chi connectivity index (χ0n) is 13.6. The number of aromatic nitrogens is 1. The predicted octanol–water partition coefficient (Wildman–Crippen LogP) is 4.56. The maximum Gasteiger partial charge on any atom is 0.165 e. The molecular weight excluding hydrogens is 258 g/mol. The van der Waals surface area contributed by atoms with E-state index in [1.807, 2.05) is 0 Å². The fraction of sp³-hybridized carbons (Fsp3) is 0.421. The monoisotopic (exact) mass is 281 g/mol. The molecule has 0 bridgehead atoms. The summed E-state index contributed by atoms with van der Waals surface area (Å²) in [6.07, 6.45) is 1.60. The highest BCUT2D eigenvalue weighted by Gasteiger charge is 2.34. The van der Waals surface area contributed by atoms with E-state index in [1.165, 1.54) is 22.5 Å². The lowest BCUT2D eigenvalue weighted by Gasteiger charge is -2.30. The van der Waals surface area contributed by atoms with E-state index >= 15 is 0 Å². The van der Waals surface area contributed by atoms with E-state index in [-0.39, 0.29) is 11.2 Å². The Morgan fingerprint density at radius 3 is 2.48 bits per heavy atom. The van der Waals surface area contributed by atoms with Crippen molar-refractivity contribution < 1.29 is 4.79 Å². The molecule has 2 nitrogen and oxygen atoms in total. The minimum atomic E-state index is 0.0460. The lowest BCUT2D eigenvalue weighted by Crippen LogP contribution is -2.28. The summed E-state index contributed by atoms with van der Waals surface area (Å²) >= 11 is 0. The molecule has 1 aromatic carbocycles. The summed E-state index contributed by atoms with van der Waals surface area (Å²) in [7, 11) is 0. The summed E-state index contributed by atoms with van der Waals surface area (Å²) < 4.78 is 2.29. The van der Waals surface area contributed by atoms with Gasteiger partial charge in [0.15, 0.2) is 5.78 Å². The van der Waals surface area contributed by atoms with E-state index in [0.29, 0.717) is 6.42 Å². The third kappa shape index (κ3) is 2.33. The average Bonchev–Trinajstić information content (AvgIpc) is 2.68. The normalized spacial score (nSPS) is 16.9. The van der Waals surface area contributed by atoms with Crippen molar-refractivity contribution in [3.63, 3.8) is 0 Å². The molecule has 0 unspecified atom stereocenters. The van der Waals surface area contributed by atoms with Crippen LogP contribution in [0.3, 0.4) is 0 Å². The molecule has 1 aliphatic carbocycles. The number of nitrogens with zero attached hydrogens (tertiary/aromatic N) is 1. The van der Waals surface area contributed by atoms with Crippen molar-refractivity contribution in [2.45, 2.75) is 47.5 Å². The number of ketones is 1. The third-order valence-electron chi connectivity index (χ3n) is 4.48. The molecule has 21 heavy (non-hydrogen) atoms. The highest BCUT2D eigenvalue weighted by atomic mass is 16.1. The van der Waals surface area contributed by atoms with E-state index < -0.39 is 0 Å². The molecule has 0 N–H and O–H groups in total. The number of fused-ring (bicyclic) bond motifs is 1. The van der Waals surface area contributed by atoms with Crippen molar-refractivity contribution in [2.75, 3.05) is 0 Å². The van der Waals surface area contributed by atoms with Crippen LogP contribution in [0.15, 0.2) is 24.3 Å². The summed E-state index contributed by atoms with van der Waals surface area (Å²) in [5.41, 5.74) is 7.01. The van der Waals surface area contributed by atoms with Gasteiger partial charge in [0.2, 0.25) is 0 Å². The van der Waals surface area contributed by atoms with Crippen LogP contribution >= 0.6 is 0 Å². The highest BCUT2D eigenvalue weighted by Crippen LogP contribution is 2.38. The Kier molecular flexibility index (Phi) is 3.09. The topological polar surface area (TPSA) is 22.0 Å². The van der Waals surface area contributed by atoms with Crippen LogP contribution in [0.2, 0.25) is 0 Å². The number of Topliss-reactive ketones (excluding diaryl/α,β-unsaturated/α-hetero) is 1. The maximum atomic E-state index is 12.4. The Bertz CT molecular complexity index is 734. The molecule has 3 rings (SSSR count). The van der Waals surface area contributed by atoms with Crippen LogP contribution in [0.25, 0.3) is 5.69 Å². The molecule has 0 fully saturated rings. The van der Waals surface area contributed by atoms with Crippen molar-refractivity contribution in [3.05, 3.63) is 52.3 Å². The van der Waals surface area contributed by atoms with Gasteiger partial charge in [-0.2, -0.15) is 0 Å². The molecule has 1 aliphatic rings. The summed E-state index contributed by atoms with van der Waals surface area (Å²) in [6.45, 7) is 10.7. The van der Waals surface area contributed by atoms with Crippen LogP contribution < -0.4 is 0 Å². The van der Waals surface area contributed by atoms with Crippen molar-refractivity contribution >= 4 is 5.78 Å². The zero-order valence-corrected chi connectivity index (χ0v) is 13.6. The molecule has 0 radical (unpaired) electrons. The second-order valence-electron chi connectivity index (χ2n) is 7.21. The number of aryl methyl sites for hydroxylation is 3. The predicted molar refractivity (Wildman–Crippen MR) is 86.4 cm³/mol. The number of carbonyl (C=O) groups is 1. The SMILES string of the molecule is Cc1ccc(C)c(-n2c(C)cc3c2CC(C)(C)CC3=O)c1. The average molecular weight is 281 g/mol. The first-order valence-corrected chi connectivity index (χ1v) is 7.60. The van der Waals surface area contributed by atoms with Crippen LogP contribution in [0.4, 0.5) is 0 Å². The van der Waals surface area contributed by atoms with Gasteiger partial charge in [0.1, 0.15) is 0 Å². The van der Waals surface area contributed by atoms with Gasteiger partial charge in [-0.05, 0) is 55.9 Å². The van der Waals surface area contributed by atoms with Gasteiger partial charge in [0, 0.05) is 29.1 Å². The van der Waals surface area contributed by atoms with Gasteiger partial charge in [-0.3, -0.25) is 4.79 Å². The number of hydrogen-bond acceptors (Lipinski definition) is 1. The zero-order chi connectivity index (χ0) is 15.4. The van der Waals surface area contributed by atoms with Gasteiger partial charge >= 0.3 is 0 Å². The number of carbonyl (C=O) groups excluding carboxylic acids is 1. The van der Waals surface area contributed by atoms with E-state index in [1.54, 1.807) is 0 Å². The molecule has 1 heterocycles. The van der Waals surface area contributed by atoms with Crippen LogP contribution in [-0.2, 0) is 6.42 Å². The first-order chi connectivity index (χ1) is 9.78. The van der Waals surface area contributed by atoms with Gasteiger partial charge in [0.05, 0.1) is 0 Å². The van der Waals surface area contributed by atoms with Gasteiger partial charge in [0.25, 0.3) is 0 Å².